The summed E-state index contributed by atoms with van der Waals surface area (Å²) in [7, 11) is 0. The van der Waals surface area contributed by atoms with Gasteiger partial charge in [-0.05, 0) is 96.3 Å². The topological polar surface area (TPSA) is 78.9 Å². The zero-order chi connectivity index (χ0) is 51.4. The van der Waals surface area contributed by atoms with Crippen LogP contribution >= 0.6 is 0 Å². The van der Waals surface area contributed by atoms with Crippen LogP contribution in [0.25, 0.3) is 0 Å². The van der Waals surface area contributed by atoms with Gasteiger partial charge in [-0.25, -0.2) is 0 Å². The lowest BCUT2D eigenvalue weighted by molar-refractivity contribution is -0.166. The molecule has 0 aromatic carbocycles. The Morgan fingerprint density at radius 3 is 0.972 bits per heavy atom. The first-order valence-corrected chi connectivity index (χ1v) is 29.4. The summed E-state index contributed by atoms with van der Waals surface area (Å²) in [6.07, 6.45) is 79.5. The molecule has 71 heavy (non-hydrogen) atoms. The van der Waals surface area contributed by atoms with Crippen LogP contribution in [-0.2, 0) is 28.6 Å². The quantitative estimate of drug-likeness (QED) is 0.0261. The van der Waals surface area contributed by atoms with E-state index in [1.54, 1.807) is 0 Å². The van der Waals surface area contributed by atoms with Crippen LogP contribution in [0.15, 0.2) is 109 Å². The molecule has 0 N–H and O–H groups in total. The predicted molar refractivity (Wildman–Crippen MR) is 307 cm³/mol. The molecule has 6 heteroatoms. The zero-order valence-electron chi connectivity index (χ0n) is 46.2. The first-order chi connectivity index (χ1) is 35.0. The van der Waals surface area contributed by atoms with E-state index in [1.165, 1.54) is 116 Å². The number of carbonyl (C=O) groups excluding carboxylic acids is 3. The van der Waals surface area contributed by atoms with Gasteiger partial charge in [0.05, 0.1) is 0 Å². The fraction of sp³-hybridized carbons (Fsp3) is 0.677. The first-order valence-electron chi connectivity index (χ1n) is 29.4. The molecule has 0 aliphatic heterocycles. The highest BCUT2D eigenvalue weighted by atomic mass is 16.6. The van der Waals surface area contributed by atoms with Gasteiger partial charge in [0, 0.05) is 19.3 Å². The lowest BCUT2D eigenvalue weighted by Gasteiger charge is -2.18. The fourth-order valence-corrected chi connectivity index (χ4v) is 7.89. The van der Waals surface area contributed by atoms with Crippen molar-refractivity contribution >= 4 is 17.9 Å². The summed E-state index contributed by atoms with van der Waals surface area (Å²) in [6.45, 7) is 6.43. The Kier molecular flexibility index (Phi) is 55.4. The Bertz CT molecular complexity index is 1460. The van der Waals surface area contributed by atoms with Gasteiger partial charge in [0.15, 0.2) is 6.10 Å². The fourth-order valence-electron chi connectivity index (χ4n) is 7.89. The molecule has 0 spiro atoms. The van der Waals surface area contributed by atoms with E-state index in [1.807, 2.05) is 6.08 Å². The number of rotatable bonds is 52. The molecule has 0 heterocycles. The van der Waals surface area contributed by atoms with Crippen molar-refractivity contribution in [1.29, 1.82) is 0 Å². The first kappa shape index (κ1) is 67.1. The second kappa shape index (κ2) is 58.6. The zero-order valence-corrected chi connectivity index (χ0v) is 46.2. The summed E-state index contributed by atoms with van der Waals surface area (Å²) >= 11 is 0. The third-order valence-corrected chi connectivity index (χ3v) is 12.3. The Balaban J connectivity index is 4.53. The highest BCUT2D eigenvalue weighted by Gasteiger charge is 2.19. The van der Waals surface area contributed by atoms with Crippen LogP contribution in [0, 0.1) is 0 Å². The van der Waals surface area contributed by atoms with Crippen molar-refractivity contribution in [2.45, 2.75) is 271 Å². The molecule has 404 valence electrons. The van der Waals surface area contributed by atoms with Crippen LogP contribution in [0.2, 0.25) is 0 Å². The largest absolute Gasteiger partial charge is 0.462 e. The maximum Gasteiger partial charge on any atom is 0.306 e. The summed E-state index contributed by atoms with van der Waals surface area (Å²) in [4.78, 5) is 38.2. The molecule has 0 saturated heterocycles. The van der Waals surface area contributed by atoms with Crippen molar-refractivity contribution in [3.63, 3.8) is 0 Å². The lowest BCUT2D eigenvalue weighted by Crippen LogP contribution is -2.30. The molecule has 0 aliphatic carbocycles. The van der Waals surface area contributed by atoms with E-state index >= 15 is 0 Å². The summed E-state index contributed by atoms with van der Waals surface area (Å²) in [6, 6.07) is 0. The standard InChI is InChI=1S/C65H108O6/c1-4-7-10-13-16-19-22-25-28-31-32-35-37-40-43-46-49-52-55-58-64(67)70-61-62(71-65(68)59-56-53-50-47-44-41-38-34-30-27-24-21-18-15-12-9-6-3)60-69-63(66)57-54-51-48-45-42-39-36-33-29-26-23-20-17-14-11-8-5-2/h7,10,16-17,19-20,25-26,28-29,32,35-36,39-40,43,49,52,62H,4-6,8-9,11-15,18,21-24,27,30-31,33-34,37-38,41-42,44-48,50-51,53-61H2,1-3H3/b10-7-,19-16-,20-17-,28-25-,29-26-,35-32-,39-36-,43-40-,52-49-/t62-/m0/s1. The molecule has 0 radical (unpaired) electrons. The second-order valence-electron chi connectivity index (χ2n) is 19.2. The molecule has 0 unspecified atom stereocenters. The van der Waals surface area contributed by atoms with Crippen molar-refractivity contribution in [3.05, 3.63) is 109 Å². The van der Waals surface area contributed by atoms with Crippen LogP contribution in [-0.4, -0.2) is 37.2 Å². The molecule has 0 rings (SSSR count). The molecular formula is C65H108O6. The SMILES string of the molecule is CC/C=C\C/C=C\C/C=C\C/C=C\C/C=C\C/C=C\CCC(=O)OC[C@H](COC(=O)CCCCCC/C=C\C/C=C\C/C=C\CCCCC)OC(=O)CCCCCCCCCCCCCCCCCCC. The van der Waals surface area contributed by atoms with E-state index < -0.39 is 6.10 Å². The van der Waals surface area contributed by atoms with Gasteiger partial charge in [0.1, 0.15) is 13.2 Å². The van der Waals surface area contributed by atoms with Crippen LogP contribution in [0.4, 0.5) is 0 Å². The van der Waals surface area contributed by atoms with Crippen LogP contribution in [0.3, 0.4) is 0 Å². The Morgan fingerprint density at radius 2 is 0.577 bits per heavy atom. The van der Waals surface area contributed by atoms with Gasteiger partial charge in [0.2, 0.25) is 0 Å². The van der Waals surface area contributed by atoms with Gasteiger partial charge in [-0.2, -0.15) is 0 Å². The van der Waals surface area contributed by atoms with Crippen LogP contribution in [0.5, 0.6) is 0 Å². The summed E-state index contributed by atoms with van der Waals surface area (Å²) in [5.41, 5.74) is 0. The van der Waals surface area contributed by atoms with Crippen molar-refractivity contribution in [3.8, 4) is 0 Å². The van der Waals surface area contributed by atoms with Gasteiger partial charge in [-0.1, -0.05) is 259 Å². The highest BCUT2D eigenvalue weighted by molar-refractivity contribution is 5.71. The van der Waals surface area contributed by atoms with Gasteiger partial charge >= 0.3 is 17.9 Å². The molecule has 0 fully saturated rings. The number of carbonyl (C=O) groups is 3. The number of hydrogen-bond donors (Lipinski definition) is 0. The molecule has 0 aromatic rings. The summed E-state index contributed by atoms with van der Waals surface area (Å²) in [5, 5.41) is 0. The van der Waals surface area contributed by atoms with Crippen molar-refractivity contribution in [2.75, 3.05) is 13.2 Å². The number of allylic oxidation sites excluding steroid dienone is 18. The van der Waals surface area contributed by atoms with Crippen molar-refractivity contribution in [1.82, 2.24) is 0 Å². The second-order valence-corrected chi connectivity index (χ2v) is 19.2. The number of esters is 3. The molecule has 6 nitrogen and oxygen atoms in total. The van der Waals surface area contributed by atoms with Gasteiger partial charge < -0.3 is 14.2 Å². The van der Waals surface area contributed by atoms with E-state index in [9.17, 15) is 14.4 Å². The molecule has 0 aliphatic rings. The average Bonchev–Trinajstić information content (AvgIpc) is 3.37. The number of hydrogen-bond acceptors (Lipinski definition) is 6. The maximum absolute atomic E-state index is 12.9. The van der Waals surface area contributed by atoms with Gasteiger partial charge in [-0.15, -0.1) is 0 Å². The maximum atomic E-state index is 12.9. The van der Waals surface area contributed by atoms with Crippen LogP contribution in [0.1, 0.15) is 265 Å². The normalized spacial score (nSPS) is 12.9. The van der Waals surface area contributed by atoms with E-state index in [0.29, 0.717) is 19.3 Å². The molecular weight excluding hydrogens is 877 g/mol. The minimum absolute atomic E-state index is 0.113. The van der Waals surface area contributed by atoms with Crippen LogP contribution < -0.4 is 0 Å². The van der Waals surface area contributed by atoms with Gasteiger partial charge in [0.25, 0.3) is 0 Å². The molecule has 0 bridgehead atoms. The van der Waals surface area contributed by atoms with Gasteiger partial charge in [-0.3, -0.25) is 14.4 Å². The van der Waals surface area contributed by atoms with Crippen molar-refractivity contribution < 1.29 is 28.6 Å². The minimum atomic E-state index is -0.819. The molecule has 0 amide bonds. The van der Waals surface area contributed by atoms with E-state index in [4.69, 9.17) is 14.2 Å². The predicted octanol–water partition coefficient (Wildman–Crippen LogP) is 19.9. The molecule has 1 atom stereocenters. The van der Waals surface area contributed by atoms with E-state index in [2.05, 4.69) is 124 Å². The Morgan fingerprint density at radius 1 is 0.296 bits per heavy atom. The minimum Gasteiger partial charge on any atom is -0.462 e. The highest BCUT2D eigenvalue weighted by Crippen LogP contribution is 2.15. The third kappa shape index (κ3) is 56.9. The molecule has 0 aromatic heterocycles. The smallest absolute Gasteiger partial charge is 0.306 e. The average molecular weight is 986 g/mol. The number of unbranched alkanes of at least 4 members (excludes halogenated alkanes) is 23. The van der Waals surface area contributed by atoms with Crippen molar-refractivity contribution in [2.24, 2.45) is 0 Å². The lowest BCUT2D eigenvalue weighted by atomic mass is 10.0. The Labute approximate surface area is 438 Å². The summed E-state index contributed by atoms with van der Waals surface area (Å²) < 4.78 is 16.8. The third-order valence-electron chi connectivity index (χ3n) is 12.3. The number of ether oxygens (including phenoxy) is 3. The van der Waals surface area contributed by atoms with E-state index in [0.717, 1.165) is 103 Å². The van der Waals surface area contributed by atoms with E-state index in [-0.39, 0.29) is 37.5 Å². The summed E-state index contributed by atoms with van der Waals surface area (Å²) in [5.74, 6) is -1.01. The monoisotopic (exact) mass is 985 g/mol. The Hall–Kier alpha value is -3.93. The molecule has 0 saturated carbocycles.